The smallest absolute Gasteiger partial charge is 0.289 e. The van der Waals surface area contributed by atoms with Crippen LogP contribution in [0.5, 0.6) is 0 Å². The number of H-pyrrole nitrogens is 2. The number of nitrogens with zero attached hydrogens (tertiary/aromatic N) is 3. The summed E-state index contributed by atoms with van der Waals surface area (Å²) in [4.78, 5) is 7.69. The van der Waals surface area contributed by atoms with E-state index < -0.39 is 10.0 Å². The van der Waals surface area contributed by atoms with Crippen molar-refractivity contribution < 1.29 is 8.42 Å². The van der Waals surface area contributed by atoms with Gasteiger partial charge < -0.3 is 4.98 Å². The van der Waals surface area contributed by atoms with Crippen LogP contribution in [0.2, 0.25) is 0 Å². The molecule has 0 bridgehead atoms. The highest BCUT2D eigenvalue weighted by Crippen LogP contribution is 2.32. The molecule has 0 fully saturated rings. The predicted molar refractivity (Wildman–Crippen MR) is 98.3 cm³/mol. The molecule has 3 aromatic heterocycles. The third-order valence-electron chi connectivity index (χ3n) is 3.91. The Morgan fingerprint density at radius 1 is 1.27 bits per heavy atom. The van der Waals surface area contributed by atoms with Gasteiger partial charge in [-0.2, -0.15) is 18.8 Å². The lowest BCUT2D eigenvalue weighted by molar-refractivity contribution is 0.600. The van der Waals surface area contributed by atoms with Crippen molar-refractivity contribution in [1.29, 1.82) is 5.26 Å². The van der Waals surface area contributed by atoms with Crippen molar-refractivity contribution in [3.8, 4) is 16.5 Å². The molecule has 3 N–H and O–H groups in total. The van der Waals surface area contributed by atoms with Crippen LogP contribution in [0.4, 0.5) is 5.69 Å². The Morgan fingerprint density at radius 2 is 2.12 bits per heavy atom. The van der Waals surface area contributed by atoms with Crippen molar-refractivity contribution in [1.82, 2.24) is 20.2 Å². The Morgan fingerprint density at radius 3 is 2.85 bits per heavy atom. The molecule has 26 heavy (non-hydrogen) atoms. The second-order valence-electron chi connectivity index (χ2n) is 5.58. The van der Waals surface area contributed by atoms with Crippen LogP contribution in [0.3, 0.4) is 0 Å². The Balaban J connectivity index is 1.73. The molecule has 0 amide bonds. The molecule has 3 heterocycles. The Hall–Kier alpha value is -3.16. The molecule has 4 aromatic rings. The van der Waals surface area contributed by atoms with E-state index in [0.29, 0.717) is 27.0 Å². The van der Waals surface area contributed by atoms with Gasteiger partial charge in [-0.1, -0.05) is 6.07 Å². The first kappa shape index (κ1) is 16.3. The number of aromatic amines is 2. The van der Waals surface area contributed by atoms with E-state index in [1.165, 1.54) is 6.20 Å². The topological polar surface area (TPSA) is 127 Å². The minimum absolute atomic E-state index is 0.0468. The van der Waals surface area contributed by atoms with Crippen LogP contribution in [-0.2, 0) is 10.0 Å². The van der Waals surface area contributed by atoms with E-state index in [9.17, 15) is 13.7 Å². The summed E-state index contributed by atoms with van der Waals surface area (Å²) in [5.74, 6) is 0. The number of aromatic nitrogens is 4. The minimum atomic E-state index is -3.86. The zero-order chi connectivity index (χ0) is 18.3. The van der Waals surface area contributed by atoms with Gasteiger partial charge in [0.2, 0.25) is 4.34 Å². The van der Waals surface area contributed by atoms with Crippen molar-refractivity contribution >= 4 is 38.0 Å². The van der Waals surface area contributed by atoms with E-state index in [-0.39, 0.29) is 4.34 Å². The predicted octanol–water partition coefficient (Wildman–Crippen LogP) is 3.00. The molecule has 8 nitrogen and oxygen atoms in total. The summed E-state index contributed by atoms with van der Waals surface area (Å²) in [5.41, 5.74) is 3.06. The quantitative estimate of drug-likeness (QED) is 0.498. The highest BCUT2D eigenvalue weighted by Gasteiger charge is 2.22. The molecule has 1 aromatic carbocycles. The molecule has 0 saturated carbocycles. The van der Waals surface area contributed by atoms with E-state index >= 15 is 0 Å². The van der Waals surface area contributed by atoms with Gasteiger partial charge in [-0.05, 0) is 18.6 Å². The molecule has 130 valence electrons. The van der Waals surface area contributed by atoms with Gasteiger partial charge in [0.05, 0.1) is 27.8 Å². The van der Waals surface area contributed by atoms with Gasteiger partial charge in [0, 0.05) is 29.5 Å². The monoisotopic (exact) mass is 384 g/mol. The summed E-state index contributed by atoms with van der Waals surface area (Å²) in [7, 11) is -3.86. The SMILES string of the molecule is Cc1ccc(NS(=O)(=O)c2ncc(-c3cn[nH]c3)s2)c2[nH]cc(C#N)c12. The number of fused-ring (bicyclic) bond motifs is 1. The van der Waals surface area contributed by atoms with E-state index in [1.54, 1.807) is 30.7 Å². The zero-order valence-electron chi connectivity index (χ0n) is 13.4. The second-order valence-corrected chi connectivity index (χ2v) is 8.46. The highest BCUT2D eigenvalue weighted by atomic mass is 32.2. The Kier molecular flexibility index (Phi) is 3.75. The molecule has 0 aliphatic carbocycles. The first-order valence-corrected chi connectivity index (χ1v) is 9.78. The van der Waals surface area contributed by atoms with Crippen molar-refractivity contribution in [3.05, 3.63) is 48.0 Å². The third kappa shape index (κ3) is 2.63. The number of anilines is 1. The number of hydrogen-bond donors (Lipinski definition) is 3. The van der Waals surface area contributed by atoms with E-state index in [4.69, 9.17) is 0 Å². The van der Waals surface area contributed by atoms with Gasteiger partial charge in [0.1, 0.15) is 6.07 Å². The molecule has 0 spiro atoms. The van der Waals surface area contributed by atoms with Crippen LogP contribution in [0.25, 0.3) is 21.3 Å². The molecule has 0 saturated heterocycles. The highest BCUT2D eigenvalue weighted by molar-refractivity contribution is 7.94. The lowest BCUT2D eigenvalue weighted by atomic mass is 10.1. The molecular weight excluding hydrogens is 372 g/mol. The average Bonchev–Trinajstić information content (AvgIpc) is 3.36. The normalized spacial score (nSPS) is 11.5. The van der Waals surface area contributed by atoms with Gasteiger partial charge in [0.25, 0.3) is 10.0 Å². The van der Waals surface area contributed by atoms with Gasteiger partial charge in [-0.15, -0.1) is 11.3 Å². The fraction of sp³-hybridized carbons (Fsp3) is 0.0625. The fourth-order valence-electron chi connectivity index (χ4n) is 2.68. The van der Waals surface area contributed by atoms with Crippen LogP contribution in [-0.4, -0.2) is 28.6 Å². The second kappa shape index (κ2) is 5.98. The number of nitriles is 1. The van der Waals surface area contributed by atoms with Gasteiger partial charge in [-0.25, -0.2) is 4.98 Å². The number of aryl methyl sites for hydroxylation is 1. The summed E-state index contributed by atoms with van der Waals surface area (Å²) >= 11 is 1.05. The summed E-state index contributed by atoms with van der Waals surface area (Å²) in [6.45, 7) is 1.87. The van der Waals surface area contributed by atoms with Crippen LogP contribution in [0.15, 0.2) is 41.3 Å². The Labute approximate surface area is 152 Å². The number of thiazole rings is 1. The number of hydrogen-bond acceptors (Lipinski definition) is 6. The number of rotatable bonds is 4. The summed E-state index contributed by atoms with van der Waals surface area (Å²) in [6.07, 6.45) is 6.33. The maximum absolute atomic E-state index is 12.7. The van der Waals surface area contributed by atoms with Crippen molar-refractivity contribution in [3.63, 3.8) is 0 Å². The molecule has 0 aliphatic heterocycles. The van der Waals surface area contributed by atoms with Gasteiger partial charge in [0.15, 0.2) is 0 Å². The first-order chi connectivity index (χ1) is 12.5. The number of nitrogens with one attached hydrogen (secondary N) is 3. The van der Waals surface area contributed by atoms with Crippen LogP contribution >= 0.6 is 11.3 Å². The average molecular weight is 384 g/mol. The first-order valence-electron chi connectivity index (χ1n) is 7.48. The van der Waals surface area contributed by atoms with E-state index in [0.717, 1.165) is 22.5 Å². The zero-order valence-corrected chi connectivity index (χ0v) is 15.1. The van der Waals surface area contributed by atoms with Crippen molar-refractivity contribution in [2.45, 2.75) is 11.3 Å². The standard InChI is InChI=1S/C16H12N6O2S2/c1-9-2-3-12(15-14(9)10(4-17)5-18-15)22-26(23,24)16-19-8-13(25-16)11-6-20-21-7-11/h2-3,5-8,18,22H,1H3,(H,20,21). The van der Waals surface area contributed by atoms with E-state index in [2.05, 4.69) is 31.0 Å². The van der Waals surface area contributed by atoms with Crippen molar-refractivity contribution in [2.24, 2.45) is 0 Å². The molecule has 0 aliphatic rings. The maximum Gasteiger partial charge on any atom is 0.289 e. The lowest BCUT2D eigenvalue weighted by Crippen LogP contribution is -2.13. The number of benzene rings is 1. The van der Waals surface area contributed by atoms with Gasteiger partial charge in [-0.3, -0.25) is 9.82 Å². The summed E-state index contributed by atoms with van der Waals surface area (Å²) < 4.78 is 28.0. The number of sulfonamides is 1. The molecule has 0 atom stereocenters. The molecule has 10 heteroatoms. The Bertz CT molecular complexity index is 1250. The van der Waals surface area contributed by atoms with Gasteiger partial charge >= 0.3 is 0 Å². The lowest BCUT2D eigenvalue weighted by Gasteiger charge is -2.08. The third-order valence-corrected chi connectivity index (χ3v) is 6.71. The molecule has 0 radical (unpaired) electrons. The fourth-order valence-corrected chi connectivity index (χ4v) is 4.88. The van der Waals surface area contributed by atoms with Crippen molar-refractivity contribution in [2.75, 3.05) is 4.72 Å². The van der Waals surface area contributed by atoms with Crippen LogP contribution in [0.1, 0.15) is 11.1 Å². The molecular formula is C16H12N6O2S2. The van der Waals surface area contributed by atoms with Crippen LogP contribution in [0, 0.1) is 18.3 Å². The molecule has 0 unspecified atom stereocenters. The largest absolute Gasteiger partial charge is 0.358 e. The summed E-state index contributed by atoms with van der Waals surface area (Å²) in [5, 5.41) is 16.5. The molecule has 4 rings (SSSR count). The minimum Gasteiger partial charge on any atom is -0.358 e. The van der Waals surface area contributed by atoms with Crippen LogP contribution < -0.4 is 4.72 Å². The summed E-state index contributed by atoms with van der Waals surface area (Å²) in [6, 6.07) is 5.54. The van der Waals surface area contributed by atoms with E-state index in [1.807, 2.05) is 6.92 Å². The maximum atomic E-state index is 12.7.